The number of ether oxygens (including phenoxy) is 3. The quantitative estimate of drug-likeness (QED) is 0.749. The summed E-state index contributed by atoms with van der Waals surface area (Å²) in [6.07, 6.45) is 0. The molecule has 0 bridgehead atoms. The van der Waals surface area contributed by atoms with E-state index in [1.807, 2.05) is 37.9 Å². The second-order valence-electron chi connectivity index (χ2n) is 6.99. The summed E-state index contributed by atoms with van der Waals surface area (Å²) in [6.45, 7) is 6.85. The number of amides is 1. The second-order valence-corrected chi connectivity index (χ2v) is 6.99. The molecule has 152 valence electrons. The number of carbonyl (C=O) groups is 1. The van der Waals surface area contributed by atoms with Gasteiger partial charge in [0, 0.05) is 17.8 Å². The summed E-state index contributed by atoms with van der Waals surface area (Å²) in [7, 11) is 6.65. The van der Waals surface area contributed by atoms with E-state index in [-0.39, 0.29) is 12.5 Å². The lowest BCUT2D eigenvalue weighted by atomic mass is 10.1. The van der Waals surface area contributed by atoms with Crippen molar-refractivity contribution >= 4 is 11.6 Å². The number of nitrogens with one attached hydrogen (secondary N) is 1. The predicted octanol–water partition coefficient (Wildman–Crippen LogP) is 3.71. The maximum Gasteiger partial charge on any atom is 0.238 e. The third kappa shape index (κ3) is 4.95. The lowest BCUT2D eigenvalue weighted by Crippen LogP contribution is -2.30. The van der Waals surface area contributed by atoms with Crippen molar-refractivity contribution in [1.82, 2.24) is 4.90 Å². The van der Waals surface area contributed by atoms with Crippen molar-refractivity contribution < 1.29 is 19.0 Å². The minimum atomic E-state index is -0.0583. The van der Waals surface area contributed by atoms with Crippen molar-refractivity contribution in [1.29, 1.82) is 0 Å². The molecule has 0 aromatic heterocycles. The SMILES string of the molecule is COc1ccc(CN(C)CC(=O)Nc2c(C)cc(C)cc2C)c(OC)c1OC. The highest BCUT2D eigenvalue weighted by Crippen LogP contribution is 2.40. The molecular weight excluding hydrogens is 356 g/mol. The average Bonchev–Trinajstić information content (AvgIpc) is 2.63. The number of likely N-dealkylation sites (N-methyl/N-ethyl adjacent to an activating group) is 1. The zero-order valence-corrected chi connectivity index (χ0v) is 17.8. The molecule has 28 heavy (non-hydrogen) atoms. The van der Waals surface area contributed by atoms with Crippen LogP contribution in [0.5, 0.6) is 17.2 Å². The van der Waals surface area contributed by atoms with Crippen molar-refractivity contribution in [3.05, 3.63) is 46.5 Å². The van der Waals surface area contributed by atoms with Gasteiger partial charge in [-0.25, -0.2) is 0 Å². The van der Waals surface area contributed by atoms with Crippen LogP contribution in [0.25, 0.3) is 0 Å². The number of hydrogen-bond acceptors (Lipinski definition) is 5. The zero-order valence-electron chi connectivity index (χ0n) is 17.8. The maximum absolute atomic E-state index is 12.6. The van der Waals surface area contributed by atoms with Gasteiger partial charge in [0.2, 0.25) is 11.7 Å². The smallest absolute Gasteiger partial charge is 0.238 e. The molecular formula is C22H30N2O4. The Hall–Kier alpha value is -2.73. The number of hydrogen-bond donors (Lipinski definition) is 1. The minimum Gasteiger partial charge on any atom is -0.493 e. The van der Waals surface area contributed by atoms with E-state index in [1.165, 1.54) is 5.56 Å². The molecule has 6 nitrogen and oxygen atoms in total. The summed E-state index contributed by atoms with van der Waals surface area (Å²) in [4.78, 5) is 14.5. The molecule has 6 heteroatoms. The lowest BCUT2D eigenvalue weighted by molar-refractivity contribution is -0.117. The van der Waals surface area contributed by atoms with Crippen molar-refractivity contribution in [3.63, 3.8) is 0 Å². The third-order valence-corrected chi connectivity index (χ3v) is 4.58. The van der Waals surface area contributed by atoms with Gasteiger partial charge in [0.05, 0.1) is 27.9 Å². The van der Waals surface area contributed by atoms with Crippen LogP contribution in [0.1, 0.15) is 22.3 Å². The number of anilines is 1. The van der Waals surface area contributed by atoms with E-state index in [1.54, 1.807) is 21.3 Å². The van der Waals surface area contributed by atoms with Crippen molar-refractivity contribution in [2.75, 3.05) is 40.2 Å². The Bertz CT molecular complexity index is 826. The van der Waals surface area contributed by atoms with Gasteiger partial charge in [0.25, 0.3) is 0 Å². The summed E-state index contributed by atoms with van der Waals surface area (Å²) >= 11 is 0. The Morgan fingerprint density at radius 1 is 0.964 bits per heavy atom. The van der Waals surface area contributed by atoms with Gasteiger partial charge in [0.1, 0.15) is 0 Å². The van der Waals surface area contributed by atoms with Crippen molar-refractivity contribution in [3.8, 4) is 17.2 Å². The van der Waals surface area contributed by atoms with Gasteiger partial charge in [-0.05, 0) is 45.0 Å². The molecule has 0 saturated heterocycles. The fourth-order valence-electron chi connectivity index (χ4n) is 3.44. The Labute approximate surface area is 167 Å². The van der Waals surface area contributed by atoms with Crippen LogP contribution in [-0.4, -0.2) is 45.7 Å². The number of aryl methyl sites for hydroxylation is 3. The van der Waals surface area contributed by atoms with Crippen LogP contribution >= 0.6 is 0 Å². The highest BCUT2D eigenvalue weighted by molar-refractivity contribution is 5.93. The van der Waals surface area contributed by atoms with E-state index in [2.05, 4.69) is 24.4 Å². The van der Waals surface area contributed by atoms with E-state index < -0.39 is 0 Å². The standard InChI is InChI=1S/C22H30N2O4/c1-14-10-15(2)20(16(3)11-14)23-19(25)13-24(4)12-17-8-9-18(26-5)22(28-7)21(17)27-6/h8-11H,12-13H2,1-7H3,(H,23,25). The fraction of sp³-hybridized carbons (Fsp3) is 0.409. The van der Waals surface area contributed by atoms with Crippen LogP contribution < -0.4 is 19.5 Å². The van der Waals surface area contributed by atoms with Crippen LogP contribution in [-0.2, 0) is 11.3 Å². The topological polar surface area (TPSA) is 60.0 Å². The van der Waals surface area contributed by atoms with Gasteiger partial charge >= 0.3 is 0 Å². The fourth-order valence-corrected chi connectivity index (χ4v) is 3.44. The normalized spacial score (nSPS) is 10.7. The summed E-state index contributed by atoms with van der Waals surface area (Å²) in [6, 6.07) is 7.90. The molecule has 0 aliphatic heterocycles. The maximum atomic E-state index is 12.6. The van der Waals surface area contributed by atoms with Gasteiger partial charge < -0.3 is 19.5 Å². The van der Waals surface area contributed by atoms with E-state index in [0.717, 1.165) is 22.4 Å². The van der Waals surface area contributed by atoms with E-state index in [9.17, 15) is 4.79 Å². The molecule has 0 heterocycles. The molecule has 0 aliphatic rings. The zero-order chi connectivity index (χ0) is 20.8. The van der Waals surface area contributed by atoms with E-state index >= 15 is 0 Å². The van der Waals surface area contributed by atoms with Crippen LogP contribution in [0.15, 0.2) is 24.3 Å². The number of carbonyl (C=O) groups excluding carboxylic acids is 1. The first kappa shape index (κ1) is 21.6. The van der Waals surface area contributed by atoms with Crippen LogP contribution in [0.4, 0.5) is 5.69 Å². The molecule has 0 aliphatic carbocycles. The molecule has 2 aromatic rings. The summed E-state index contributed by atoms with van der Waals surface area (Å²) in [5, 5.41) is 3.04. The Kier molecular flexibility index (Phi) is 7.29. The Morgan fingerprint density at radius 3 is 2.11 bits per heavy atom. The van der Waals surface area contributed by atoms with Crippen LogP contribution in [0.3, 0.4) is 0 Å². The molecule has 0 atom stereocenters. The molecule has 1 amide bonds. The average molecular weight is 386 g/mol. The largest absolute Gasteiger partial charge is 0.493 e. The first-order valence-corrected chi connectivity index (χ1v) is 9.14. The minimum absolute atomic E-state index is 0.0583. The molecule has 0 saturated carbocycles. The van der Waals surface area contributed by atoms with E-state index in [4.69, 9.17) is 14.2 Å². The number of benzene rings is 2. The number of methoxy groups -OCH3 is 3. The number of rotatable bonds is 8. The summed E-state index contributed by atoms with van der Waals surface area (Å²) < 4.78 is 16.3. The van der Waals surface area contributed by atoms with Crippen molar-refractivity contribution in [2.45, 2.75) is 27.3 Å². The molecule has 2 rings (SSSR count). The highest BCUT2D eigenvalue weighted by atomic mass is 16.5. The van der Waals surface area contributed by atoms with Gasteiger partial charge in [-0.1, -0.05) is 23.8 Å². The van der Waals surface area contributed by atoms with Crippen LogP contribution in [0.2, 0.25) is 0 Å². The highest BCUT2D eigenvalue weighted by Gasteiger charge is 2.18. The Morgan fingerprint density at radius 2 is 1.57 bits per heavy atom. The van der Waals surface area contributed by atoms with E-state index in [0.29, 0.717) is 23.8 Å². The first-order chi connectivity index (χ1) is 13.3. The third-order valence-electron chi connectivity index (χ3n) is 4.58. The van der Waals surface area contributed by atoms with Gasteiger partial charge in [-0.15, -0.1) is 0 Å². The molecule has 0 unspecified atom stereocenters. The second kappa shape index (κ2) is 9.46. The molecule has 1 N–H and O–H groups in total. The molecule has 0 spiro atoms. The van der Waals surface area contributed by atoms with Crippen molar-refractivity contribution in [2.24, 2.45) is 0 Å². The molecule has 0 radical (unpaired) electrons. The molecule has 0 fully saturated rings. The summed E-state index contributed by atoms with van der Waals surface area (Å²) in [5.74, 6) is 1.71. The van der Waals surface area contributed by atoms with Gasteiger partial charge in [-0.2, -0.15) is 0 Å². The monoisotopic (exact) mass is 386 g/mol. The number of nitrogens with zero attached hydrogens (tertiary/aromatic N) is 1. The lowest BCUT2D eigenvalue weighted by Gasteiger charge is -2.21. The van der Waals surface area contributed by atoms with Gasteiger partial charge in [-0.3, -0.25) is 9.69 Å². The predicted molar refractivity (Wildman–Crippen MR) is 112 cm³/mol. The first-order valence-electron chi connectivity index (χ1n) is 9.14. The molecule has 2 aromatic carbocycles. The van der Waals surface area contributed by atoms with Crippen LogP contribution in [0, 0.1) is 20.8 Å². The summed E-state index contributed by atoms with van der Waals surface area (Å²) in [5.41, 5.74) is 5.11. The Balaban J connectivity index is 2.10. The van der Waals surface area contributed by atoms with Gasteiger partial charge in [0.15, 0.2) is 11.5 Å².